The Balaban J connectivity index is 2.13. The van der Waals surface area contributed by atoms with Crippen LogP contribution >= 0.6 is 0 Å². The molecule has 0 amide bonds. The maximum absolute atomic E-state index is 12.5. The van der Waals surface area contributed by atoms with Crippen LogP contribution in [0, 0.1) is 36.5 Å². The van der Waals surface area contributed by atoms with Crippen molar-refractivity contribution in [2.24, 2.45) is 0 Å². The molecule has 1 heterocycles. The number of esters is 1. The van der Waals surface area contributed by atoms with Gasteiger partial charge in [-0.15, -0.1) is 0 Å². The normalized spacial score (nSPS) is 10.2. The van der Waals surface area contributed by atoms with Gasteiger partial charge in [-0.25, -0.2) is 4.79 Å². The molecule has 138 valence electrons. The molecule has 3 aromatic rings. The molecule has 1 aromatic heterocycles. The SMILES string of the molecule is COC(=O)c1c(-c2ccc(C#N)cc2)c(C)n(Cc2ccc(C#N)cc2)c1C. The van der Waals surface area contributed by atoms with Crippen LogP contribution in [0.25, 0.3) is 11.1 Å². The molecular weight excluding hydrogens is 350 g/mol. The predicted molar refractivity (Wildman–Crippen MR) is 106 cm³/mol. The van der Waals surface area contributed by atoms with Crippen LogP contribution in [0.1, 0.15) is 38.4 Å². The van der Waals surface area contributed by atoms with Crippen molar-refractivity contribution < 1.29 is 9.53 Å². The van der Waals surface area contributed by atoms with Gasteiger partial charge in [-0.1, -0.05) is 24.3 Å². The number of nitrogens with zero attached hydrogens (tertiary/aromatic N) is 3. The molecule has 0 saturated carbocycles. The number of hydrogen-bond acceptors (Lipinski definition) is 4. The lowest BCUT2D eigenvalue weighted by Crippen LogP contribution is -2.07. The standard InChI is InChI=1S/C23H19N3O2/c1-15-21(20-10-8-18(13-25)9-11-20)22(23(27)28-3)16(2)26(15)14-19-6-4-17(12-24)5-7-19/h4-11H,14H2,1-3H3. The number of nitriles is 2. The zero-order chi connectivity index (χ0) is 20.3. The third-order valence-electron chi connectivity index (χ3n) is 4.90. The summed E-state index contributed by atoms with van der Waals surface area (Å²) in [5.74, 6) is -0.390. The first kappa shape index (κ1) is 18.9. The van der Waals surface area contributed by atoms with E-state index in [1.807, 2.05) is 38.1 Å². The molecule has 0 spiro atoms. The topological polar surface area (TPSA) is 78.8 Å². The molecule has 0 aliphatic rings. The van der Waals surface area contributed by atoms with E-state index in [0.29, 0.717) is 23.2 Å². The summed E-state index contributed by atoms with van der Waals surface area (Å²) in [6, 6.07) is 18.8. The monoisotopic (exact) mass is 369 g/mol. The molecule has 0 unspecified atom stereocenters. The summed E-state index contributed by atoms with van der Waals surface area (Å²) < 4.78 is 7.10. The largest absolute Gasteiger partial charge is 0.465 e. The van der Waals surface area contributed by atoms with Gasteiger partial charge in [0.1, 0.15) is 0 Å². The summed E-state index contributed by atoms with van der Waals surface area (Å²) in [5.41, 5.74) is 6.15. The molecule has 5 heteroatoms. The van der Waals surface area contributed by atoms with Crippen molar-refractivity contribution in [1.82, 2.24) is 4.57 Å². The molecule has 2 aromatic carbocycles. The van der Waals surface area contributed by atoms with E-state index in [1.165, 1.54) is 7.11 Å². The second-order valence-electron chi connectivity index (χ2n) is 6.50. The fourth-order valence-corrected chi connectivity index (χ4v) is 3.40. The van der Waals surface area contributed by atoms with E-state index in [2.05, 4.69) is 16.7 Å². The lowest BCUT2D eigenvalue weighted by atomic mass is 9.99. The molecule has 3 rings (SSSR count). The van der Waals surface area contributed by atoms with Crippen LogP contribution in [0.4, 0.5) is 0 Å². The van der Waals surface area contributed by atoms with Gasteiger partial charge in [0, 0.05) is 23.5 Å². The lowest BCUT2D eigenvalue weighted by Gasteiger charge is -2.10. The molecular formula is C23H19N3O2. The van der Waals surface area contributed by atoms with E-state index >= 15 is 0 Å². The van der Waals surface area contributed by atoms with Crippen LogP contribution in [0.5, 0.6) is 0 Å². The van der Waals surface area contributed by atoms with E-state index in [9.17, 15) is 4.79 Å². The number of ether oxygens (including phenoxy) is 1. The van der Waals surface area contributed by atoms with Gasteiger partial charge in [0.15, 0.2) is 0 Å². The number of hydrogen-bond donors (Lipinski definition) is 0. The van der Waals surface area contributed by atoms with Gasteiger partial charge < -0.3 is 9.30 Å². The highest BCUT2D eigenvalue weighted by atomic mass is 16.5. The van der Waals surface area contributed by atoms with Crippen LogP contribution < -0.4 is 0 Å². The first-order valence-electron chi connectivity index (χ1n) is 8.77. The molecule has 28 heavy (non-hydrogen) atoms. The molecule has 0 bridgehead atoms. The maximum atomic E-state index is 12.5. The highest BCUT2D eigenvalue weighted by Crippen LogP contribution is 2.33. The van der Waals surface area contributed by atoms with E-state index in [1.54, 1.807) is 24.3 Å². The summed E-state index contributed by atoms with van der Waals surface area (Å²) >= 11 is 0. The lowest BCUT2D eigenvalue weighted by molar-refractivity contribution is 0.0600. The third kappa shape index (κ3) is 3.39. The summed E-state index contributed by atoms with van der Waals surface area (Å²) in [4.78, 5) is 12.5. The Morgan fingerprint density at radius 1 is 0.929 bits per heavy atom. The number of benzene rings is 2. The summed E-state index contributed by atoms with van der Waals surface area (Å²) in [7, 11) is 1.37. The highest BCUT2D eigenvalue weighted by Gasteiger charge is 2.24. The average Bonchev–Trinajstić information content (AvgIpc) is 2.98. The predicted octanol–water partition coefficient (Wildman–Crippen LogP) is 4.35. The first-order chi connectivity index (χ1) is 13.5. The van der Waals surface area contributed by atoms with Crippen LogP contribution in [0.3, 0.4) is 0 Å². The van der Waals surface area contributed by atoms with Crippen LogP contribution in [0.15, 0.2) is 48.5 Å². The van der Waals surface area contributed by atoms with Gasteiger partial charge in [0.2, 0.25) is 0 Å². The van der Waals surface area contributed by atoms with Gasteiger partial charge in [0.05, 0.1) is 35.9 Å². The van der Waals surface area contributed by atoms with E-state index in [-0.39, 0.29) is 0 Å². The summed E-state index contributed by atoms with van der Waals surface area (Å²) in [6.07, 6.45) is 0. The first-order valence-corrected chi connectivity index (χ1v) is 8.77. The van der Waals surface area contributed by atoms with Crippen molar-refractivity contribution in [3.8, 4) is 23.3 Å². The minimum Gasteiger partial charge on any atom is -0.465 e. The molecule has 5 nitrogen and oxygen atoms in total. The van der Waals surface area contributed by atoms with Crippen LogP contribution in [0.2, 0.25) is 0 Å². The van der Waals surface area contributed by atoms with Gasteiger partial charge in [-0.3, -0.25) is 0 Å². The van der Waals surface area contributed by atoms with Crippen molar-refractivity contribution in [2.75, 3.05) is 7.11 Å². The minimum absolute atomic E-state index is 0.390. The maximum Gasteiger partial charge on any atom is 0.340 e. The zero-order valence-electron chi connectivity index (χ0n) is 16.0. The molecule has 0 N–H and O–H groups in total. The van der Waals surface area contributed by atoms with E-state index in [0.717, 1.165) is 28.1 Å². The Bertz CT molecular complexity index is 1110. The zero-order valence-corrected chi connectivity index (χ0v) is 16.0. The quantitative estimate of drug-likeness (QED) is 0.641. The average molecular weight is 369 g/mol. The second kappa shape index (κ2) is 7.82. The van der Waals surface area contributed by atoms with E-state index in [4.69, 9.17) is 15.3 Å². The number of carbonyl (C=O) groups is 1. The Morgan fingerprint density at radius 2 is 1.46 bits per heavy atom. The molecule has 0 aliphatic carbocycles. The third-order valence-corrected chi connectivity index (χ3v) is 4.90. The van der Waals surface area contributed by atoms with E-state index < -0.39 is 5.97 Å². The Morgan fingerprint density at radius 3 is 1.96 bits per heavy atom. The minimum atomic E-state index is -0.390. The van der Waals surface area contributed by atoms with Crippen LogP contribution in [-0.2, 0) is 11.3 Å². The second-order valence-corrected chi connectivity index (χ2v) is 6.50. The van der Waals surface area contributed by atoms with Crippen molar-refractivity contribution in [1.29, 1.82) is 10.5 Å². The number of methoxy groups -OCH3 is 1. The Kier molecular flexibility index (Phi) is 5.29. The summed E-state index contributed by atoms with van der Waals surface area (Å²) in [6.45, 7) is 4.44. The van der Waals surface area contributed by atoms with Crippen molar-refractivity contribution in [3.63, 3.8) is 0 Å². The molecule has 0 radical (unpaired) electrons. The fraction of sp³-hybridized carbons (Fsp3) is 0.174. The van der Waals surface area contributed by atoms with Gasteiger partial charge in [-0.2, -0.15) is 10.5 Å². The molecule has 0 fully saturated rings. The van der Waals surface area contributed by atoms with Crippen LogP contribution in [-0.4, -0.2) is 17.6 Å². The van der Waals surface area contributed by atoms with Crippen molar-refractivity contribution in [3.05, 3.63) is 82.2 Å². The Hall–Kier alpha value is -3.83. The molecule has 0 atom stereocenters. The van der Waals surface area contributed by atoms with Gasteiger partial charge >= 0.3 is 5.97 Å². The Labute approximate surface area is 164 Å². The number of carbonyl (C=O) groups excluding carboxylic acids is 1. The highest BCUT2D eigenvalue weighted by molar-refractivity contribution is 5.99. The van der Waals surface area contributed by atoms with Gasteiger partial charge in [0.25, 0.3) is 0 Å². The molecule has 0 saturated heterocycles. The van der Waals surface area contributed by atoms with Gasteiger partial charge in [-0.05, 0) is 49.2 Å². The summed E-state index contributed by atoms with van der Waals surface area (Å²) in [5, 5.41) is 18.0. The molecule has 0 aliphatic heterocycles. The smallest absolute Gasteiger partial charge is 0.340 e. The van der Waals surface area contributed by atoms with Crippen molar-refractivity contribution >= 4 is 5.97 Å². The fourth-order valence-electron chi connectivity index (χ4n) is 3.40. The number of aromatic nitrogens is 1. The number of rotatable bonds is 4. The van der Waals surface area contributed by atoms with Crippen molar-refractivity contribution in [2.45, 2.75) is 20.4 Å².